The van der Waals surface area contributed by atoms with Crippen LogP contribution in [0, 0.1) is 6.92 Å². The summed E-state index contributed by atoms with van der Waals surface area (Å²) in [6.07, 6.45) is -2.26. The van der Waals surface area contributed by atoms with E-state index in [0.29, 0.717) is 0 Å². The minimum Gasteiger partial charge on any atom is -0.490 e. The van der Waals surface area contributed by atoms with Gasteiger partial charge in [0.15, 0.2) is 6.23 Å². The second kappa shape index (κ2) is 10.5. The van der Waals surface area contributed by atoms with Crippen molar-refractivity contribution in [2.45, 2.75) is 66.3 Å². The fourth-order valence-electron chi connectivity index (χ4n) is 4.75. The first-order chi connectivity index (χ1) is 17.0. The minimum atomic E-state index is -1.44. The van der Waals surface area contributed by atoms with Gasteiger partial charge in [0.05, 0.1) is 25.3 Å². The molecular weight excluding hydrogens is 470 g/mol. The molecule has 2 aliphatic heterocycles. The number of benzene rings is 2. The first-order valence-corrected chi connectivity index (χ1v) is 12.7. The van der Waals surface area contributed by atoms with Crippen LogP contribution in [0.5, 0.6) is 5.75 Å². The van der Waals surface area contributed by atoms with Crippen molar-refractivity contribution < 1.29 is 34.6 Å². The zero-order valence-electron chi connectivity index (χ0n) is 19.5. The predicted octanol–water partition coefficient (Wildman–Crippen LogP) is 2.63. The van der Waals surface area contributed by atoms with Gasteiger partial charge in [-0.25, -0.2) is 0 Å². The second-order valence-corrected chi connectivity index (χ2v) is 10.2. The molecule has 2 saturated heterocycles. The Morgan fingerprint density at radius 2 is 1.74 bits per heavy atom. The highest BCUT2D eigenvalue weighted by Crippen LogP contribution is 2.40. The van der Waals surface area contributed by atoms with E-state index in [-0.39, 0.29) is 6.10 Å². The van der Waals surface area contributed by atoms with E-state index in [1.54, 1.807) is 16.3 Å². The van der Waals surface area contributed by atoms with Crippen molar-refractivity contribution in [2.24, 2.45) is 0 Å². The Kier molecular flexibility index (Phi) is 7.36. The summed E-state index contributed by atoms with van der Waals surface area (Å²) in [4.78, 5) is 1.98. The number of para-hydroxylation sites is 1. The number of fused-ring (bicyclic) bond motifs is 1. The smallest absolute Gasteiger partial charge is 0.163 e. The highest BCUT2D eigenvalue weighted by atomic mass is 32.2. The molecule has 35 heavy (non-hydrogen) atoms. The Morgan fingerprint density at radius 3 is 2.46 bits per heavy atom. The van der Waals surface area contributed by atoms with Crippen LogP contribution in [0.3, 0.4) is 0 Å². The van der Waals surface area contributed by atoms with E-state index in [2.05, 4.69) is 0 Å². The molecule has 3 heterocycles. The van der Waals surface area contributed by atoms with Gasteiger partial charge in [-0.15, -0.1) is 0 Å². The van der Waals surface area contributed by atoms with Crippen LogP contribution in [0.15, 0.2) is 58.5 Å². The van der Waals surface area contributed by atoms with Gasteiger partial charge in [0.25, 0.3) is 0 Å². The minimum absolute atomic E-state index is 0.182. The molecule has 2 aromatic carbocycles. The summed E-state index contributed by atoms with van der Waals surface area (Å²) in [6.45, 7) is 2.97. The van der Waals surface area contributed by atoms with E-state index in [1.807, 2.05) is 55.6 Å². The second-order valence-electron chi connectivity index (χ2n) is 9.09. The third kappa shape index (κ3) is 4.95. The van der Waals surface area contributed by atoms with Crippen LogP contribution in [0.4, 0.5) is 0 Å². The molecule has 5 rings (SSSR count). The van der Waals surface area contributed by atoms with Gasteiger partial charge in [-0.05, 0) is 36.8 Å². The van der Waals surface area contributed by atoms with E-state index in [4.69, 9.17) is 14.2 Å². The van der Waals surface area contributed by atoms with Crippen molar-refractivity contribution in [1.29, 1.82) is 0 Å². The number of rotatable bonds is 6. The van der Waals surface area contributed by atoms with Gasteiger partial charge in [0, 0.05) is 34.2 Å². The van der Waals surface area contributed by atoms with Crippen LogP contribution in [0.1, 0.15) is 24.6 Å². The lowest BCUT2D eigenvalue weighted by molar-refractivity contribution is -0.250. The summed E-state index contributed by atoms with van der Waals surface area (Å²) in [6, 6.07) is 13.9. The number of aryl methyl sites for hydroxylation is 1. The van der Waals surface area contributed by atoms with E-state index in [1.165, 1.54) is 0 Å². The molecule has 0 radical (unpaired) electrons. The monoisotopic (exact) mass is 501 g/mol. The molecule has 0 unspecified atom stereocenters. The van der Waals surface area contributed by atoms with Crippen molar-refractivity contribution in [3.63, 3.8) is 0 Å². The standard InChI is InChI=1S/C26H31NO7S/c1-15-3-2-4-19-21(35-18-7-5-16(6-8-18)33-17-9-11-32-12-10-17)13-27(22(15)19)26-25(31)24(30)23(29)20(14-28)34-26/h2-8,13,17,20,23-26,28-31H,9-12,14H2,1H3/t20-,23-,24+,25-,26-/m1/s1. The largest absolute Gasteiger partial charge is 0.490 e. The maximum Gasteiger partial charge on any atom is 0.163 e. The molecular formula is C26H31NO7S. The SMILES string of the molecule is Cc1cccc2c(Sc3ccc(OC4CCOCC4)cc3)cn([C@@H]3O[C@H](CO)[C@@H](O)[C@H](O)[C@H]3O)c12. The van der Waals surface area contributed by atoms with Crippen molar-refractivity contribution >= 4 is 22.7 Å². The van der Waals surface area contributed by atoms with E-state index >= 15 is 0 Å². The Morgan fingerprint density at radius 1 is 1.00 bits per heavy atom. The first-order valence-electron chi connectivity index (χ1n) is 11.9. The molecule has 3 aromatic rings. The van der Waals surface area contributed by atoms with Crippen LogP contribution in [-0.2, 0) is 9.47 Å². The molecule has 188 valence electrons. The first kappa shape index (κ1) is 24.6. The quantitative estimate of drug-likeness (QED) is 0.408. The lowest BCUT2D eigenvalue weighted by atomic mass is 9.98. The fourth-order valence-corrected chi connectivity index (χ4v) is 5.72. The van der Waals surface area contributed by atoms with Crippen LogP contribution >= 0.6 is 11.8 Å². The summed E-state index contributed by atoms with van der Waals surface area (Å²) in [7, 11) is 0. The number of aliphatic hydroxyl groups is 4. The van der Waals surface area contributed by atoms with Gasteiger partial charge < -0.3 is 39.2 Å². The number of hydrogen-bond donors (Lipinski definition) is 4. The van der Waals surface area contributed by atoms with Crippen LogP contribution < -0.4 is 4.74 Å². The number of nitrogens with zero attached hydrogens (tertiary/aromatic N) is 1. The van der Waals surface area contributed by atoms with E-state index in [9.17, 15) is 20.4 Å². The summed E-state index contributed by atoms with van der Waals surface area (Å²) >= 11 is 1.58. The molecule has 2 aliphatic rings. The van der Waals surface area contributed by atoms with Crippen LogP contribution in [0.2, 0.25) is 0 Å². The van der Waals surface area contributed by atoms with Crippen molar-refractivity contribution in [3.05, 3.63) is 54.2 Å². The Labute approximate surface area is 208 Å². The summed E-state index contributed by atoms with van der Waals surface area (Å²) in [5.74, 6) is 0.834. The average molecular weight is 502 g/mol. The lowest BCUT2D eigenvalue weighted by Crippen LogP contribution is -2.56. The number of aliphatic hydroxyl groups excluding tert-OH is 4. The Hall–Kier alpha value is -2.11. The number of ether oxygens (including phenoxy) is 3. The summed E-state index contributed by atoms with van der Waals surface area (Å²) < 4.78 is 19.1. The van der Waals surface area contributed by atoms with Gasteiger partial charge in [0.2, 0.25) is 0 Å². The summed E-state index contributed by atoms with van der Waals surface area (Å²) in [5.41, 5.74) is 1.84. The normalized spacial score (nSPS) is 27.9. The van der Waals surface area contributed by atoms with Crippen molar-refractivity contribution in [3.8, 4) is 5.75 Å². The van der Waals surface area contributed by atoms with Gasteiger partial charge >= 0.3 is 0 Å². The maximum absolute atomic E-state index is 10.7. The number of aromatic nitrogens is 1. The van der Waals surface area contributed by atoms with Gasteiger partial charge in [-0.2, -0.15) is 0 Å². The van der Waals surface area contributed by atoms with E-state index < -0.39 is 37.3 Å². The zero-order chi connectivity index (χ0) is 24.5. The average Bonchev–Trinajstić information content (AvgIpc) is 3.24. The number of hydrogen-bond acceptors (Lipinski definition) is 8. The molecule has 0 bridgehead atoms. The molecule has 0 spiro atoms. The Bertz CT molecular complexity index is 1140. The molecule has 0 amide bonds. The van der Waals surface area contributed by atoms with E-state index in [0.717, 1.165) is 58.1 Å². The third-order valence-corrected chi connectivity index (χ3v) is 7.73. The maximum atomic E-state index is 10.7. The molecule has 1 aromatic heterocycles. The molecule has 5 atom stereocenters. The van der Waals surface area contributed by atoms with Gasteiger partial charge in [-0.3, -0.25) is 0 Å². The topological polar surface area (TPSA) is 114 Å². The zero-order valence-corrected chi connectivity index (χ0v) is 20.3. The molecule has 9 heteroatoms. The molecule has 8 nitrogen and oxygen atoms in total. The molecule has 0 aliphatic carbocycles. The van der Waals surface area contributed by atoms with Crippen LogP contribution in [0.25, 0.3) is 10.9 Å². The fraction of sp³-hybridized carbons (Fsp3) is 0.462. The van der Waals surface area contributed by atoms with Gasteiger partial charge in [-0.1, -0.05) is 30.0 Å². The predicted molar refractivity (Wildman–Crippen MR) is 131 cm³/mol. The highest BCUT2D eigenvalue weighted by molar-refractivity contribution is 7.99. The molecule has 0 saturated carbocycles. The summed E-state index contributed by atoms with van der Waals surface area (Å²) in [5, 5.41) is 41.8. The highest BCUT2D eigenvalue weighted by Gasteiger charge is 2.44. The van der Waals surface area contributed by atoms with Crippen molar-refractivity contribution in [2.75, 3.05) is 19.8 Å². The lowest BCUT2D eigenvalue weighted by Gasteiger charge is -2.40. The Balaban J connectivity index is 1.42. The van der Waals surface area contributed by atoms with Crippen LogP contribution in [-0.4, -0.2) is 75.3 Å². The molecule has 4 N–H and O–H groups in total. The van der Waals surface area contributed by atoms with Gasteiger partial charge in [0.1, 0.15) is 36.3 Å². The third-order valence-electron chi connectivity index (χ3n) is 6.68. The van der Waals surface area contributed by atoms with Crippen molar-refractivity contribution in [1.82, 2.24) is 4.57 Å². The molecule has 2 fully saturated rings.